The molecule has 0 fully saturated rings. The first-order valence-corrected chi connectivity index (χ1v) is 5.84. The van der Waals surface area contributed by atoms with Gasteiger partial charge in [0.05, 0.1) is 11.3 Å². The number of nitrogens with zero attached hydrogens (tertiary/aromatic N) is 1. The molecule has 1 aromatic carbocycles. The minimum absolute atomic E-state index is 0.0253. The molecule has 108 valence electrons. The van der Waals surface area contributed by atoms with Gasteiger partial charge in [0, 0.05) is 18.7 Å². The molecule has 8 heteroatoms. The summed E-state index contributed by atoms with van der Waals surface area (Å²) in [7, 11) is 0. The molecule has 21 heavy (non-hydrogen) atoms. The molecule has 2 rings (SSSR count). The molecule has 0 atom stereocenters. The lowest BCUT2D eigenvalue weighted by Crippen LogP contribution is -2.15. The van der Waals surface area contributed by atoms with Gasteiger partial charge in [-0.25, -0.2) is 4.79 Å². The molecule has 8 nitrogen and oxygen atoms in total. The van der Waals surface area contributed by atoms with Crippen LogP contribution in [0, 0.1) is 0 Å². The van der Waals surface area contributed by atoms with Crippen LogP contribution in [0.3, 0.4) is 0 Å². The summed E-state index contributed by atoms with van der Waals surface area (Å²) in [4.78, 5) is 34.0. The van der Waals surface area contributed by atoms with Gasteiger partial charge in [0.1, 0.15) is 6.26 Å². The van der Waals surface area contributed by atoms with E-state index in [0.717, 1.165) is 0 Å². The number of rotatable bonds is 4. The summed E-state index contributed by atoms with van der Waals surface area (Å²) in [6.07, 6.45) is 1.23. The summed E-state index contributed by atoms with van der Waals surface area (Å²) in [5.41, 5.74) is 0.277. The second-order valence-electron chi connectivity index (χ2n) is 4.09. The minimum Gasteiger partial charge on any atom is -0.478 e. The van der Waals surface area contributed by atoms with Gasteiger partial charge in [-0.2, -0.15) is 0 Å². The average Bonchev–Trinajstić information content (AvgIpc) is 2.93. The van der Waals surface area contributed by atoms with E-state index in [4.69, 9.17) is 5.11 Å². The molecular formula is C13H11N3O5. The Morgan fingerprint density at radius 1 is 1.19 bits per heavy atom. The van der Waals surface area contributed by atoms with Crippen LogP contribution in [0.5, 0.6) is 0 Å². The SMILES string of the molecule is CC(=O)Nc1ccc(NC(=O)c2ccon2)c(C(=O)O)c1. The smallest absolute Gasteiger partial charge is 0.337 e. The first-order chi connectivity index (χ1) is 9.97. The molecule has 0 aliphatic carbocycles. The third-order valence-corrected chi connectivity index (χ3v) is 2.49. The predicted octanol–water partition coefficient (Wildman–Crippen LogP) is 1.58. The maximum atomic E-state index is 11.8. The molecule has 3 N–H and O–H groups in total. The Bertz CT molecular complexity index is 694. The first-order valence-electron chi connectivity index (χ1n) is 5.84. The van der Waals surface area contributed by atoms with Crippen LogP contribution in [-0.4, -0.2) is 28.0 Å². The van der Waals surface area contributed by atoms with Gasteiger partial charge in [-0.15, -0.1) is 0 Å². The fourth-order valence-corrected chi connectivity index (χ4v) is 1.63. The van der Waals surface area contributed by atoms with Crippen molar-refractivity contribution in [2.45, 2.75) is 6.92 Å². The van der Waals surface area contributed by atoms with Crippen LogP contribution in [0.1, 0.15) is 27.8 Å². The van der Waals surface area contributed by atoms with E-state index in [2.05, 4.69) is 20.3 Å². The van der Waals surface area contributed by atoms with E-state index < -0.39 is 11.9 Å². The fraction of sp³-hybridized carbons (Fsp3) is 0.0769. The molecule has 1 heterocycles. The van der Waals surface area contributed by atoms with Crippen molar-refractivity contribution in [1.82, 2.24) is 5.16 Å². The van der Waals surface area contributed by atoms with Crippen molar-refractivity contribution in [3.8, 4) is 0 Å². The molecule has 0 aliphatic rings. The van der Waals surface area contributed by atoms with Crippen molar-refractivity contribution in [2.75, 3.05) is 10.6 Å². The van der Waals surface area contributed by atoms with E-state index >= 15 is 0 Å². The zero-order chi connectivity index (χ0) is 15.4. The van der Waals surface area contributed by atoms with Gasteiger partial charge in [0.15, 0.2) is 5.69 Å². The zero-order valence-electron chi connectivity index (χ0n) is 10.9. The highest BCUT2D eigenvalue weighted by atomic mass is 16.5. The Hall–Kier alpha value is -3.16. The van der Waals surface area contributed by atoms with Gasteiger partial charge in [-0.05, 0) is 18.2 Å². The number of aromatic carboxylic acids is 1. The van der Waals surface area contributed by atoms with E-state index in [-0.39, 0.29) is 22.9 Å². The summed E-state index contributed by atoms with van der Waals surface area (Å²) in [6, 6.07) is 5.46. The number of anilines is 2. The Balaban J connectivity index is 2.28. The summed E-state index contributed by atoms with van der Waals surface area (Å²) < 4.78 is 4.54. The Morgan fingerprint density at radius 2 is 1.95 bits per heavy atom. The number of carbonyl (C=O) groups is 3. The molecule has 0 radical (unpaired) electrons. The molecule has 0 aliphatic heterocycles. The van der Waals surface area contributed by atoms with E-state index in [1.54, 1.807) is 0 Å². The van der Waals surface area contributed by atoms with Crippen molar-refractivity contribution >= 4 is 29.2 Å². The van der Waals surface area contributed by atoms with Crippen molar-refractivity contribution in [2.24, 2.45) is 0 Å². The third-order valence-electron chi connectivity index (χ3n) is 2.49. The number of benzene rings is 1. The van der Waals surface area contributed by atoms with Gasteiger partial charge < -0.3 is 20.3 Å². The highest BCUT2D eigenvalue weighted by Gasteiger charge is 2.16. The van der Waals surface area contributed by atoms with Crippen molar-refractivity contribution < 1.29 is 24.0 Å². The van der Waals surface area contributed by atoms with Gasteiger partial charge in [0.25, 0.3) is 5.91 Å². The molecule has 2 amide bonds. The van der Waals surface area contributed by atoms with Crippen LogP contribution >= 0.6 is 0 Å². The van der Waals surface area contributed by atoms with E-state index in [1.165, 1.54) is 37.5 Å². The van der Waals surface area contributed by atoms with Gasteiger partial charge in [-0.1, -0.05) is 5.16 Å². The summed E-state index contributed by atoms with van der Waals surface area (Å²) >= 11 is 0. The summed E-state index contributed by atoms with van der Waals surface area (Å²) in [6.45, 7) is 1.31. The normalized spacial score (nSPS) is 9.95. The molecule has 0 bridgehead atoms. The molecule has 2 aromatic rings. The highest BCUT2D eigenvalue weighted by Crippen LogP contribution is 2.21. The quantitative estimate of drug-likeness (QED) is 0.785. The minimum atomic E-state index is -1.24. The highest BCUT2D eigenvalue weighted by molar-refractivity contribution is 6.07. The Morgan fingerprint density at radius 3 is 2.52 bits per heavy atom. The predicted molar refractivity (Wildman–Crippen MR) is 72.2 cm³/mol. The van der Waals surface area contributed by atoms with Crippen LogP contribution in [0.15, 0.2) is 35.1 Å². The zero-order valence-corrected chi connectivity index (χ0v) is 10.9. The number of hydrogen-bond acceptors (Lipinski definition) is 5. The second kappa shape index (κ2) is 5.87. The topological polar surface area (TPSA) is 122 Å². The monoisotopic (exact) mass is 289 g/mol. The van der Waals surface area contributed by atoms with Crippen LogP contribution in [0.25, 0.3) is 0 Å². The summed E-state index contributed by atoms with van der Waals surface area (Å²) in [5.74, 6) is -2.16. The van der Waals surface area contributed by atoms with E-state index in [9.17, 15) is 14.4 Å². The average molecular weight is 289 g/mol. The van der Waals surface area contributed by atoms with Gasteiger partial charge in [0.2, 0.25) is 5.91 Å². The number of carboxylic acids is 1. The maximum Gasteiger partial charge on any atom is 0.337 e. The number of nitrogens with one attached hydrogen (secondary N) is 2. The Labute approximate surface area is 118 Å². The van der Waals surface area contributed by atoms with Crippen LogP contribution < -0.4 is 10.6 Å². The second-order valence-corrected chi connectivity index (χ2v) is 4.09. The van der Waals surface area contributed by atoms with Crippen molar-refractivity contribution in [3.63, 3.8) is 0 Å². The van der Waals surface area contributed by atoms with Gasteiger partial charge in [-0.3, -0.25) is 9.59 Å². The molecule has 0 unspecified atom stereocenters. The maximum absolute atomic E-state index is 11.8. The lowest BCUT2D eigenvalue weighted by atomic mass is 10.1. The first kappa shape index (κ1) is 14.3. The largest absolute Gasteiger partial charge is 0.478 e. The number of carbonyl (C=O) groups excluding carboxylic acids is 2. The van der Waals surface area contributed by atoms with Gasteiger partial charge >= 0.3 is 5.97 Å². The molecule has 0 saturated carbocycles. The number of hydrogen-bond donors (Lipinski definition) is 3. The fourth-order valence-electron chi connectivity index (χ4n) is 1.63. The van der Waals surface area contributed by atoms with E-state index in [0.29, 0.717) is 5.69 Å². The van der Waals surface area contributed by atoms with Crippen LogP contribution in [-0.2, 0) is 4.79 Å². The lowest BCUT2D eigenvalue weighted by molar-refractivity contribution is -0.114. The number of carboxylic acid groups (broad SMARTS) is 1. The molecule has 1 aromatic heterocycles. The van der Waals surface area contributed by atoms with Crippen LogP contribution in [0.4, 0.5) is 11.4 Å². The van der Waals surface area contributed by atoms with Crippen molar-refractivity contribution in [3.05, 3.63) is 41.8 Å². The van der Waals surface area contributed by atoms with E-state index in [1.807, 2.05) is 0 Å². The number of amides is 2. The number of aromatic nitrogens is 1. The summed E-state index contributed by atoms with van der Waals surface area (Å²) in [5, 5.41) is 17.5. The molecular weight excluding hydrogens is 278 g/mol. The lowest BCUT2D eigenvalue weighted by Gasteiger charge is -2.09. The Kier molecular flexibility index (Phi) is 3.98. The standard InChI is InChI=1S/C13H11N3O5/c1-7(17)14-8-2-3-10(9(6-8)13(19)20)15-12(18)11-4-5-21-16-11/h2-6H,1H3,(H,14,17)(H,15,18)(H,19,20). The molecule has 0 spiro atoms. The third kappa shape index (κ3) is 3.44. The molecule has 0 saturated heterocycles. The van der Waals surface area contributed by atoms with Crippen LogP contribution in [0.2, 0.25) is 0 Å². The van der Waals surface area contributed by atoms with Crippen molar-refractivity contribution in [1.29, 1.82) is 0 Å².